The van der Waals surface area contributed by atoms with Crippen LogP contribution < -0.4 is 0 Å². The topological polar surface area (TPSA) is 21.6 Å². The van der Waals surface area contributed by atoms with Crippen LogP contribution in [0.15, 0.2) is 4.36 Å². The molecule has 0 aromatic rings. The van der Waals surface area contributed by atoms with Crippen LogP contribution in [0.2, 0.25) is 0 Å². The summed E-state index contributed by atoms with van der Waals surface area (Å²) in [5, 5.41) is 0. The minimum atomic E-state index is -0.117. The third kappa shape index (κ3) is 1.29. The first-order valence-electron chi connectivity index (χ1n) is 2.63. The molecule has 1 rings (SSSR count). The van der Waals surface area contributed by atoms with Gasteiger partial charge < -0.3 is 0 Å². The molecule has 1 aliphatic heterocycles. The molecular weight excluding hydrogens is 122 g/mol. The highest BCUT2D eigenvalue weighted by Crippen LogP contribution is 2.18. The van der Waals surface area contributed by atoms with Crippen LogP contribution in [0, 0.1) is 0 Å². The third-order valence-corrected chi connectivity index (χ3v) is 2.16. The maximum atomic E-state index is 5.41. The van der Waals surface area contributed by atoms with Crippen molar-refractivity contribution in [1.82, 2.24) is 0 Å². The van der Waals surface area contributed by atoms with Crippen LogP contribution in [0.25, 0.3) is 0 Å². The Balaban J connectivity index is 2.55. The average Bonchev–Trinajstić information content (AvgIpc) is 1.82. The van der Waals surface area contributed by atoms with Gasteiger partial charge in [0.2, 0.25) is 0 Å². The summed E-state index contributed by atoms with van der Waals surface area (Å²) in [6.07, 6.45) is 1.99. The summed E-state index contributed by atoms with van der Waals surface area (Å²) in [6.45, 7) is 4.98. The van der Waals surface area contributed by atoms with Crippen molar-refractivity contribution in [2.75, 3.05) is 12.8 Å². The van der Waals surface area contributed by atoms with Gasteiger partial charge in [0.05, 0.1) is 12.1 Å². The lowest BCUT2D eigenvalue weighted by Crippen LogP contribution is -2.22. The molecule has 1 heterocycles. The number of nitrogens with zero attached hydrogens (tertiary/aromatic N) is 1. The van der Waals surface area contributed by atoms with Gasteiger partial charge in [-0.15, -0.1) is 0 Å². The van der Waals surface area contributed by atoms with E-state index < -0.39 is 0 Å². The molecule has 0 aromatic heterocycles. The summed E-state index contributed by atoms with van der Waals surface area (Å²) in [6, 6.07) is 0. The molecular formula is C5H11NOS. The highest BCUT2D eigenvalue weighted by Gasteiger charge is 2.23. The van der Waals surface area contributed by atoms with E-state index >= 15 is 0 Å². The molecule has 1 atom stereocenters. The van der Waals surface area contributed by atoms with Gasteiger partial charge in [0.15, 0.2) is 0 Å². The smallest absolute Gasteiger partial charge is 0.0984 e. The van der Waals surface area contributed by atoms with Gasteiger partial charge in [0.25, 0.3) is 0 Å². The number of rotatable bonds is 0. The first kappa shape index (κ1) is 6.23. The molecule has 2 nitrogen and oxygen atoms in total. The van der Waals surface area contributed by atoms with Crippen LogP contribution >= 0.6 is 0 Å². The van der Waals surface area contributed by atoms with E-state index in [-0.39, 0.29) is 16.6 Å². The van der Waals surface area contributed by atoms with Crippen molar-refractivity contribution in [2.45, 2.75) is 19.4 Å². The molecule has 0 aromatic carbocycles. The van der Waals surface area contributed by atoms with Crippen molar-refractivity contribution in [2.24, 2.45) is 4.36 Å². The lowest BCUT2D eigenvalue weighted by atomic mass is 10.1. The fourth-order valence-electron chi connectivity index (χ4n) is 0.626. The van der Waals surface area contributed by atoms with Crippen LogP contribution in [0.4, 0.5) is 0 Å². The van der Waals surface area contributed by atoms with E-state index in [2.05, 4.69) is 18.2 Å². The van der Waals surface area contributed by atoms with Gasteiger partial charge in [0, 0.05) is 17.2 Å². The van der Waals surface area contributed by atoms with Gasteiger partial charge in [-0.25, -0.2) is 4.36 Å². The van der Waals surface area contributed by atoms with E-state index in [0.29, 0.717) is 0 Å². The second-order valence-corrected chi connectivity index (χ2v) is 3.83. The second kappa shape index (κ2) is 1.81. The SMILES string of the molecule is CS1=NCC(C)(C)O1. The summed E-state index contributed by atoms with van der Waals surface area (Å²) in [5.41, 5.74) is 0.0118. The van der Waals surface area contributed by atoms with E-state index in [0.717, 1.165) is 6.54 Å². The largest absolute Gasteiger partial charge is 0.298 e. The minimum Gasteiger partial charge on any atom is -0.298 e. The molecule has 0 saturated carbocycles. The van der Waals surface area contributed by atoms with Gasteiger partial charge in [0.1, 0.15) is 0 Å². The Kier molecular flexibility index (Phi) is 1.41. The molecule has 0 amide bonds. The van der Waals surface area contributed by atoms with E-state index in [1.165, 1.54) is 0 Å². The molecule has 1 aliphatic rings. The highest BCUT2D eigenvalue weighted by molar-refractivity contribution is 7.81. The predicted octanol–water partition coefficient (Wildman–Crippen LogP) is 1.14. The standard InChI is InChI=1S/C5H11NOS/c1-5(2)4-6-8(3)7-5/h4H2,1-3H3. The fraction of sp³-hybridized carbons (Fsp3) is 1.00. The normalized spacial score (nSPS) is 34.6. The Bertz CT molecular complexity index is 130. The fourth-order valence-corrected chi connectivity index (χ4v) is 1.88. The molecule has 1 unspecified atom stereocenters. The van der Waals surface area contributed by atoms with Crippen molar-refractivity contribution in [1.29, 1.82) is 0 Å². The van der Waals surface area contributed by atoms with Crippen LogP contribution in [-0.2, 0) is 15.2 Å². The van der Waals surface area contributed by atoms with E-state index in [1.54, 1.807) is 0 Å². The van der Waals surface area contributed by atoms with Gasteiger partial charge in [-0.1, -0.05) is 0 Å². The Hall–Kier alpha value is 0.110. The van der Waals surface area contributed by atoms with Crippen LogP contribution in [0.3, 0.4) is 0 Å². The zero-order valence-electron chi connectivity index (χ0n) is 5.47. The first-order valence-corrected chi connectivity index (χ1v) is 4.15. The zero-order valence-corrected chi connectivity index (χ0v) is 6.29. The maximum Gasteiger partial charge on any atom is 0.0984 e. The summed E-state index contributed by atoms with van der Waals surface area (Å²) in [4.78, 5) is 0. The Morgan fingerprint density at radius 3 is 2.38 bits per heavy atom. The minimum absolute atomic E-state index is 0.0118. The first-order chi connectivity index (χ1) is 3.60. The summed E-state index contributed by atoms with van der Waals surface area (Å²) >= 11 is 0. The van der Waals surface area contributed by atoms with Crippen molar-refractivity contribution in [3.63, 3.8) is 0 Å². The van der Waals surface area contributed by atoms with E-state index in [9.17, 15) is 0 Å². The van der Waals surface area contributed by atoms with E-state index in [4.69, 9.17) is 4.18 Å². The maximum absolute atomic E-state index is 5.41. The molecule has 0 N–H and O–H groups in total. The van der Waals surface area contributed by atoms with Crippen LogP contribution in [0.5, 0.6) is 0 Å². The Morgan fingerprint density at radius 1 is 1.62 bits per heavy atom. The second-order valence-electron chi connectivity index (χ2n) is 2.55. The van der Waals surface area contributed by atoms with Gasteiger partial charge in [-0.3, -0.25) is 4.18 Å². The third-order valence-electron chi connectivity index (χ3n) is 0.973. The lowest BCUT2D eigenvalue weighted by Gasteiger charge is -2.13. The van der Waals surface area contributed by atoms with Crippen LogP contribution in [-0.4, -0.2) is 18.4 Å². The van der Waals surface area contributed by atoms with Crippen molar-refractivity contribution < 1.29 is 4.18 Å². The predicted molar refractivity (Wildman–Crippen MR) is 35.7 cm³/mol. The Labute approximate surface area is 52.5 Å². The average molecular weight is 133 g/mol. The summed E-state index contributed by atoms with van der Waals surface area (Å²) in [5.74, 6) is 0. The molecule has 8 heavy (non-hydrogen) atoms. The van der Waals surface area contributed by atoms with E-state index in [1.807, 2.05) is 6.26 Å². The zero-order chi connectivity index (χ0) is 6.20. The summed E-state index contributed by atoms with van der Waals surface area (Å²) in [7, 11) is -0.117. The summed E-state index contributed by atoms with van der Waals surface area (Å²) < 4.78 is 9.60. The molecule has 3 heteroatoms. The molecule has 0 aliphatic carbocycles. The molecule has 0 radical (unpaired) electrons. The van der Waals surface area contributed by atoms with Crippen LogP contribution in [0.1, 0.15) is 13.8 Å². The van der Waals surface area contributed by atoms with Gasteiger partial charge >= 0.3 is 0 Å². The number of hydrogen-bond acceptors (Lipinski definition) is 2. The lowest BCUT2D eigenvalue weighted by molar-refractivity contribution is 0.165. The van der Waals surface area contributed by atoms with Crippen molar-refractivity contribution in [3.8, 4) is 0 Å². The molecule has 0 saturated heterocycles. The highest BCUT2D eigenvalue weighted by atomic mass is 32.2. The Morgan fingerprint density at radius 2 is 2.25 bits per heavy atom. The van der Waals surface area contributed by atoms with Gasteiger partial charge in [-0.05, 0) is 13.8 Å². The van der Waals surface area contributed by atoms with Crippen molar-refractivity contribution >= 4 is 11.0 Å². The molecule has 0 spiro atoms. The molecule has 0 fully saturated rings. The molecule has 48 valence electrons. The monoisotopic (exact) mass is 133 g/mol. The van der Waals surface area contributed by atoms with Crippen molar-refractivity contribution in [3.05, 3.63) is 0 Å². The van der Waals surface area contributed by atoms with Gasteiger partial charge in [-0.2, -0.15) is 0 Å². The quantitative estimate of drug-likeness (QED) is 0.485. The molecule has 0 bridgehead atoms. The number of hydrogen-bond donors (Lipinski definition) is 0.